The van der Waals surface area contributed by atoms with Crippen LogP contribution >= 0.6 is 0 Å². The molecule has 0 fully saturated rings. The highest BCUT2D eigenvalue weighted by atomic mass is 32.2. The van der Waals surface area contributed by atoms with E-state index < -0.39 is 15.8 Å². The molecule has 1 aromatic heterocycles. The van der Waals surface area contributed by atoms with Crippen LogP contribution in [0, 0.1) is 0 Å². The van der Waals surface area contributed by atoms with Gasteiger partial charge in [-0.1, -0.05) is 12.1 Å². The number of esters is 1. The van der Waals surface area contributed by atoms with E-state index in [0.717, 1.165) is 0 Å². The monoisotopic (exact) mass is 336 g/mol. The molecule has 8 heteroatoms. The van der Waals surface area contributed by atoms with E-state index in [1.54, 1.807) is 32.2 Å². The molecular formula is C15H16N2O5S. The molecule has 0 unspecified atom stereocenters. The molecule has 0 aliphatic carbocycles. The lowest BCUT2D eigenvalue weighted by Crippen LogP contribution is -2.17. The number of hydrogen-bond donors (Lipinski definition) is 0. The van der Waals surface area contributed by atoms with Gasteiger partial charge in [0.1, 0.15) is 10.6 Å². The van der Waals surface area contributed by atoms with E-state index in [4.69, 9.17) is 9.47 Å². The maximum atomic E-state index is 12.7. The molecular weight excluding hydrogens is 320 g/mol. The van der Waals surface area contributed by atoms with E-state index in [-0.39, 0.29) is 28.7 Å². The molecule has 122 valence electrons. The van der Waals surface area contributed by atoms with Crippen LogP contribution in [0.5, 0.6) is 5.75 Å². The van der Waals surface area contributed by atoms with Gasteiger partial charge in [0.15, 0.2) is 15.5 Å². The van der Waals surface area contributed by atoms with Crippen LogP contribution in [0.3, 0.4) is 0 Å². The van der Waals surface area contributed by atoms with Crippen LogP contribution in [-0.4, -0.2) is 37.9 Å². The van der Waals surface area contributed by atoms with Crippen molar-refractivity contribution in [3.8, 4) is 17.0 Å². The molecule has 23 heavy (non-hydrogen) atoms. The predicted molar refractivity (Wildman–Crippen MR) is 82.0 cm³/mol. The summed E-state index contributed by atoms with van der Waals surface area (Å²) in [5.74, 6) is -0.643. The van der Waals surface area contributed by atoms with Gasteiger partial charge in [-0.2, -0.15) is 5.10 Å². The van der Waals surface area contributed by atoms with E-state index in [1.165, 1.54) is 11.8 Å². The zero-order chi connectivity index (χ0) is 16.8. The number of sulfone groups is 1. The van der Waals surface area contributed by atoms with Crippen molar-refractivity contribution in [2.75, 3.05) is 13.7 Å². The van der Waals surface area contributed by atoms with Crippen molar-refractivity contribution in [2.24, 2.45) is 7.05 Å². The number of nitrogens with zero attached hydrogens (tertiary/aromatic N) is 2. The highest BCUT2D eigenvalue weighted by Crippen LogP contribution is 2.43. The summed E-state index contributed by atoms with van der Waals surface area (Å²) < 4.78 is 37.1. The lowest BCUT2D eigenvalue weighted by Gasteiger charge is -2.20. The molecule has 3 rings (SSSR count). The summed E-state index contributed by atoms with van der Waals surface area (Å²) in [6.07, 6.45) is 0. The van der Waals surface area contributed by atoms with Crippen LogP contribution in [0.1, 0.15) is 23.0 Å². The minimum atomic E-state index is -3.64. The van der Waals surface area contributed by atoms with E-state index in [2.05, 4.69) is 5.10 Å². The first-order chi connectivity index (χ1) is 10.9. The van der Waals surface area contributed by atoms with Crippen molar-refractivity contribution in [2.45, 2.75) is 17.6 Å². The van der Waals surface area contributed by atoms with Crippen molar-refractivity contribution in [3.05, 3.63) is 29.5 Å². The van der Waals surface area contributed by atoms with Gasteiger partial charge in [-0.25, -0.2) is 13.2 Å². The standard InChI is InChI=1S/C15H16N2O5S/c1-4-22-15(18)12-10-8-23(19,20)14-9(13(10)17(2)16-12)6-5-7-11(14)21-3/h5-7H,4,8H2,1-3H3. The lowest BCUT2D eigenvalue weighted by molar-refractivity contribution is 0.0517. The number of benzene rings is 1. The number of aromatic nitrogens is 2. The van der Waals surface area contributed by atoms with Crippen LogP contribution in [0.25, 0.3) is 11.3 Å². The first kappa shape index (κ1) is 15.5. The Balaban J connectivity index is 2.32. The summed E-state index contributed by atoms with van der Waals surface area (Å²) in [5.41, 5.74) is 1.49. The van der Waals surface area contributed by atoms with Gasteiger partial charge in [-0.15, -0.1) is 0 Å². The second kappa shape index (κ2) is 5.38. The first-order valence-electron chi connectivity index (χ1n) is 7.03. The summed E-state index contributed by atoms with van der Waals surface area (Å²) in [7, 11) is -0.548. The third kappa shape index (κ3) is 2.29. The molecule has 0 atom stereocenters. The van der Waals surface area contributed by atoms with Crippen LogP contribution in [0.2, 0.25) is 0 Å². The Labute approximate surface area is 133 Å². The van der Waals surface area contributed by atoms with Crippen molar-refractivity contribution >= 4 is 15.8 Å². The smallest absolute Gasteiger partial charge is 0.359 e. The van der Waals surface area contributed by atoms with E-state index in [9.17, 15) is 13.2 Å². The number of carbonyl (C=O) groups excluding carboxylic acids is 1. The van der Waals surface area contributed by atoms with Crippen molar-refractivity contribution in [3.63, 3.8) is 0 Å². The van der Waals surface area contributed by atoms with Crippen LogP contribution in [0.4, 0.5) is 0 Å². The average Bonchev–Trinajstić information content (AvgIpc) is 2.83. The number of aryl methyl sites for hydroxylation is 1. The maximum absolute atomic E-state index is 12.7. The lowest BCUT2D eigenvalue weighted by atomic mass is 10.1. The molecule has 1 aliphatic rings. The molecule has 0 bridgehead atoms. The highest BCUT2D eigenvalue weighted by Gasteiger charge is 2.37. The number of methoxy groups -OCH3 is 1. The predicted octanol–water partition coefficient (Wildman–Crippen LogP) is 1.56. The van der Waals surface area contributed by atoms with Gasteiger partial charge in [0.2, 0.25) is 0 Å². The third-order valence-corrected chi connectivity index (χ3v) is 5.43. The van der Waals surface area contributed by atoms with Gasteiger partial charge in [0.25, 0.3) is 0 Å². The topological polar surface area (TPSA) is 87.5 Å². The molecule has 7 nitrogen and oxygen atoms in total. The van der Waals surface area contributed by atoms with Gasteiger partial charge >= 0.3 is 5.97 Å². The fourth-order valence-electron chi connectivity index (χ4n) is 2.85. The third-order valence-electron chi connectivity index (χ3n) is 3.71. The molecule has 2 aromatic rings. The van der Waals surface area contributed by atoms with Gasteiger partial charge in [0.05, 0.1) is 25.2 Å². The van der Waals surface area contributed by atoms with Crippen molar-refractivity contribution in [1.29, 1.82) is 0 Å². The molecule has 2 heterocycles. The van der Waals surface area contributed by atoms with E-state index >= 15 is 0 Å². The zero-order valence-electron chi connectivity index (χ0n) is 13.0. The minimum absolute atomic E-state index is 0.0430. The largest absolute Gasteiger partial charge is 0.495 e. The number of carbonyl (C=O) groups is 1. The van der Waals surface area contributed by atoms with E-state index in [1.807, 2.05) is 0 Å². The second-order valence-corrected chi connectivity index (χ2v) is 7.04. The molecule has 1 aliphatic heterocycles. The Bertz CT molecular complexity index is 899. The maximum Gasteiger partial charge on any atom is 0.359 e. The highest BCUT2D eigenvalue weighted by molar-refractivity contribution is 7.91. The molecule has 1 aromatic carbocycles. The molecule has 0 amide bonds. The molecule has 0 spiro atoms. The van der Waals surface area contributed by atoms with Crippen molar-refractivity contribution in [1.82, 2.24) is 9.78 Å². The summed E-state index contributed by atoms with van der Waals surface area (Å²) in [4.78, 5) is 12.2. The van der Waals surface area contributed by atoms with Crippen LogP contribution < -0.4 is 4.74 Å². The quantitative estimate of drug-likeness (QED) is 0.791. The first-order valence-corrected chi connectivity index (χ1v) is 8.69. The molecule has 0 saturated heterocycles. The summed E-state index contributed by atoms with van der Waals surface area (Å²) >= 11 is 0. The Morgan fingerprint density at radius 1 is 1.39 bits per heavy atom. The summed E-state index contributed by atoms with van der Waals surface area (Å²) in [6.45, 7) is 1.88. The molecule has 0 saturated carbocycles. The zero-order valence-corrected chi connectivity index (χ0v) is 13.8. The fourth-order valence-corrected chi connectivity index (χ4v) is 4.61. The Kier molecular flexibility index (Phi) is 3.63. The molecule has 0 radical (unpaired) electrons. The number of rotatable bonds is 3. The van der Waals surface area contributed by atoms with Gasteiger partial charge in [-0.3, -0.25) is 4.68 Å². The van der Waals surface area contributed by atoms with Crippen molar-refractivity contribution < 1.29 is 22.7 Å². The van der Waals surface area contributed by atoms with Crippen LogP contribution in [-0.2, 0) is 27.4 Å². The average molecular weight is 336 g/mol. The second-order valence-electron chi connectivity index (χ2n) is 5.12. The summed E-state index contributed by atoms with van der Waals surface area (Å²) in [6, 6.07) is 4.99. The Morgan fingerprint density at radius 2 is 2.13 bits per heavy atom. The van der Waals surface area contributed by atoms with E-state index in [0.29, 0.717) is 16.8 Å². The SMILES string of the molecule is CCOC(=O)c1nn(C)c2c1CS(=O)(=O)c1c(OC)cccc1-2. The minimum Gasteiger partial charge on any atom is -0.495 e. The molecule has 0 N–H and O–H groups in total. The van der Waals surface area contributed by atoms with Gasteiger partial charge in [0, 0.05) is 18.2 Å². The van der Waals surface area contributed by atoms with Gasteiger partial charge in [-0.05, 0) is 13.0 Å². The number of ether oxygens (including phenoxy) is 2. The summed E-state index contributed by atoms with van der Waals surface area (Å²) in [5, 5.41) is 4.17. The fraction of sp³-hybridized carbons (Fsp3) is 0.333. The Hall–Kier alpha value is -2.35. The van der Waals surface area contributed by atoms with Gasteiger partial charge < -0.3 is 9.47 Å². The normalized spacial score (nSPS) is 14.7. The number of hydrogen-bond acceptors (Lipinski definition) is 6. The van der Waals surface area contributed by atoms with Crippen LogP contribution in [0.15, 0.2) is 23.1 Å². The Morgan fingerprint density at radius 3 is 2.78 bits per heavy atom. The number of fused-ring (bicyclic) bond motifs is 3.